The van der Waals surface area contributed by atoms with Crippen molar-refractivity contribution < 1.29 is 0 Å². The molecule has 0 fully saturated rings. The summed E-state index contributed by atoms with van der Waals surface area (Å²) in [6.07, 6.45) is 0. The molecule has 4 heteroatoms. The number of hydrogen-bond donors (Lipinski definition) is 2. The number of benzene rings is 4. The minimum Gasteiger partial charge on any atom is -0.399 e. The first-order valence-corrected chi connectivity index (χ1v) is 10.4. The number of nitrogen functional groups attached to an aromatic ring is 2. The third-order valence-corrected chi connectivity index (χ3v) is 5.31. The van der Waals surface area contributed by atoms with E-state index in [2.05, 4.69) is 0 Å². The van der Waals surface area contributed by atoms with Crippen LogP contribution >= 0.6 is 0 Å². The topological polar surface area (TPSA) is 77.8 Å². The van der Waals surface area contributed by atoms with Crippen LogP contribution in [-0.2, 0) is 0 Å². The second-order valence-electron chi connectivity index (χ2n) is 7.60. The van der Waals surface area contributed by atoms with E-state index in [4.69, 9.17) is 21.4 Å². The molecule has 0 radical (unpaired) electrons. The van der Waals surface area contributed by atoms with E-state index in [1.807, 2.05) is 109 Å². The second kappa shape index (κ2) is 8.36. The van der Waals surface area contributed by atoms with Crippen molar-refractivity contribution in [2.75, 3.05) is 11.5 Å². The molecule has 0 atom stereocenters. The molecule has 1 aromatic heterocycles. The molecule has 0 bridgehead atoms. The summed E-state index contributed by atoms with van der Waals surface area (Å²) in [6.45, 7) is 0. The summed E-state index contributed by atoms with van der Waals surface area (Å²) in [7, 11) is 0. The SMILES string of the molecule is Nc1cccc(-c2nc(-c3ccccc3)c(-c3cccc(N)c3)nc2-c2ccccc2)c1. The summed E-state index contributed by atoms with van der Waals surface area (Å²) < 4.78 is 0. The van der Waals surface area contributed by atoms with E-state index in [0.717, 1.165) is 45.0 Å². The fourth-order valence-corrected chi connectivity index (χ4v) is 3.80. The molecule has 0 aliphatic carbocycles. The molecule has 4 nitrogen and oxygen atoms in total. The first-order chi connectivity index (χ1) is 15.7. The fraction of sp³-hybridized carbons (Fsp3) is 0. The number of hydrogen-bond acceptors (Lipinski definition) is 4. The molecule has 0 unspecified atom stereocenters. The highest BCUT2D eigenvalue weighted by Gasteiger charge is 2.19. The van der Waals surface area contributed by atoms with E-state index in [1.54, 1.807) is 0 Å². The van der Waals surface area contributed by atoms with Crippen LogP contribution < -0.4 is 11.5 Å². The predicted octanol–water partition coefficient (Wildman–Crippen LogP) is 6.31. The summed E-state index contributed by atoms with van der Waals surface area (Å²) in [5, 5.41) is 0. The van der Waals surface area contributed by atoms with Gasteiger partial charge in [0.2, 0.25) is 0 Å². The van der Waals surface area contributed by atoms with E-state index in [1.165, 1.54) is 0 Å². The molecule has 5 aromatic rings. The summed E-state index contributed by atoms with van der Waals surface area (Å²) in [5.41, 5.74) is 20.6. The lowest BCUT2D eigenvalue weighted by Crippen LogP contribution is -2.01. The second-order valence-corrected chi connectivity index (χ2v) is 7.60. The Bertz CT molecular complexity index is 1270. The van der Waals surface area contributed by atoms with Crippen molar-refractivity contribution in [3.05, 3.63) is 109 Å². The number of nitrogens with two attached hydrogens (primary N) is 2. The van der Waals surface area contributed by atoms with Crippen LogP contribution in [0.5, 0.6) is 0 Å². The Balaban J connectivity index is 1.86. The van der Waals surface area contributed by atoms with Crippen LogP contribution in [0.25, 0.3) is 45.0 Å². The highest BCUT2D eigenvalue weighted by molar-refractivity contribution is 5.87. The molecule has 0 amide bonds. The van der Waals surface area contributed by atoms with Gasteiger partial charge >= 0.3 is 0 Å². The summed E-state index contributed by atoms with van der Waals surface area (Å²) in [4.78, 5) is 10.4. The van der Waals surface area contributed by atoms with Crippen molar-refractivity contribution in [2.45, 2.75) is 0 Å². The zero-order valence-corrected chi connectivity index (χ0v) is 17.4. The quantitative estimate of drug-likeness (QED) is 0.338. The van der Waals surface area contributed by atoms with Crippen LogP contribution in [0.3, 0.4) is 0 Å². The van der Waals surface area contributed by atoms with Gasteiger partial charge < -0.3 is 11.5 Å². The van der Waals surface area contributed by atoms with Crippen LogP contribution in [0, 0.1) is 0 Å². The molecular formula is C28H22N4. The van der Waals surface area contributed by atoms with Crippen LogP contribution in [0.15, 0.2) is 109 Å². The number of rotatable bonds is 4. The van der Waals surface area contributed by atoms with Gasteiger partial charge in [0.1, 0.15) is 0 Å². The van der Waals surface area contributed by atoms with Gasteiger partial charge in [-0.1, -0.05) is 84.9 Å². The molecule has 0 aliphatic heterocycles. The summed E-state index contributed by atoms with van der Waals surface area (Å²) in [6, 6.07) is 35.7. The van der Waals surface area contributed by atoms with E-state index < -0.39 is 0 Å². The van der Waals surface area contributed by atoms with Crippen LogP contribution in [0.1, 0.15) is 0 Å². The standard InChI is InChI=1S/C28H22N4/c29-23-15-7-13-21(17-23)27-25(19-9-3-1-4-10-19)31-28(22-14-8-16-24(30)18-22)26(32-27)20-11-5-2-6-12-20/h1-18H,29-30H2. The van der Waals surface area contributed by atoms with Gasteiger partial charge in [-0.2, -0.15) is 0 Å². The van der Waals surface area contributed by atoms with E-state index in [-0.39, 0.29) is 0 Å². The van der Waals surface area contributed by atoms with Crippen molar-refractivity contribution in [3.63, 3.8) is 0 Å². The maximum atomic E-state index is 6.11. The first-order valence-electron chi connectivity index (χ1n) is 10.4. The van der Waals surface area contributed by atoms with Crippen molar-refractivity contribution in [1.29, 1.82) is 0 Å². The van der Waals surface area contributed by atoms with Crippen LogP contribution in [0.4, 0.5) is 11.4 Å². The normalized spacial score (nSPS) is 10.8. The molecule has 4 aromatic carbocycles. The summed E-state index contributed by atoms with van der Waals surface area (Å²) >= 11 is 0. The van der Waals surface area contributed by atoms with Gasteiger partial charge in [0.05, 0.1) is 22.8 Å². The van der Waals surface area contributed by atoms with Gasteiger partial charge in [-0.15, -0.1) is 0 Å². The Labute approximate surface area is 187 Å². The predicted molar refractivity (Wildman–Crippen MR) is 133 cm³/mol. The maximum absolute atomic E-state index is 6.11. The molecule has 4 N–H and O–H groups in total. The molecule has 0 saturated carbocycles. The monoisotopic (exact) mass is 414 g/mol. The van der Waals surface area contributed by atoms with E-state index in [9.17, 15) is 0 Å². The first kappa shape index (κ1) is 19.5. The molecule has 0 spiro atoms. The van der Waals surface area contributed by atoms with Crippen LogP contribution in [-0.4, -0.2) is 9.97 Å². The van der Waals surface area contributed by atoms with Crippen LogP contribution in [0.2, 0.25) is 0 Å². The number of anilines is 2. The van der Waals surface area contributed by atoms with E-state index in [0.29, 0.717) is 11.4 Å². The lowest BCUT2D eigenvalue weighted by molar-refractivity contribution is 1.21. The lowest BCUT2D eigenvalue weighted by atomic mass is 9.99. The lowest BCUT2D eigenvalue weighted by Gasteiger charge is -2.16. The zero-order chi connectivity index (χ0) is 21.9. The van der Waals surface area contributed by atoms with Crippen molar-refractivity contribution in [1.82, 2.24) is 9.97 Å². The average molecular weight is 415 g/mol. The molecule has 5 rings (SSSR count). The fourth-order valence-electron chi connectivity index (χ4n) is 3.80. The number of nitrogens with zero attached hydrogens (tertiary/aromatic N) is 2. The largest absolute Gasteiger partial charge is 0.399 e. The highest BCUT2D eigenvalue weighted by Crippen LogP contribution is 2.37. The molecule has 0 saturated heterocycles. The molecular weight excluding hydrogens is 392 g/mol. The Morgan fingerprint density at radius 2 is 0.719 bits per heavy atom. The molecule has 154 valence electrons. The van der Waals surface area contributed by atoms with Gasteiger partial charge in [0.15, 0.2) is 0 Å². The van der Waals surface area contributed by atoms with Gasteiger partial charge in [-0.25, -0.2) is 9.97 Å². The Hall–Kier alpha value is -4.44. The van der Waals surface area contributed by atoms with Gasteiger partial charge in [-0.05, 0) is 24.3 Å². The Morgan fingerprint density at radius 1 is 0.375 bits per heavy atom. The molecule has 1 heterocycles. The number of aromatic nitrogens is 2. The van der Waals surface area contributed by atoms with Gasteiger partial charge in [0.25, 0.3) is 0 Å². The van der Waals surface area contributed by atoms with Crippen molar-refractivity contribution in [3.8, 4) is 45.0 Å². The molecule has 0 aliphatic rings. The smallest absolute Gasteiger partial charge is 0.0974 e. The average Bonchev–Trinajstić information content (AvgIpc) is 2.84. The van der Waals surface area contributed by atoms with Crippen molar-refractivity contribution in [2.24, 2.45) is 0 Å². The van der Waals surface area contributed by atoms with E-state index >= 15 is 0 Å². The van der Waals surface area contributed by atoms with Gasteiger partial charge in [-0.3, -0.25) is 0 Å². The third-order valence-electron chi connectivity index (χ3n) is 5.31. The zero-order valence-electron chi connectivity index (χ0n) is 17.4. The Kier molecular flexibility index (Phi) is 5.10. The maximum Gasteiger partial charge on any atom is 0.0974 e. The summed E-state index contributed by atoms with van der Waals surface area (Å²) in [5.74, 6) is 0. The minimum atomic E-state index is 0.685. The Morgan fingerprint density at radius 3 is 1.09 bits per heavy atom. The molecule has 32 heavy (non-hydrogen) atoms. The van der Waals surface area contributed by atoms with Crippen molar-refractivity contribution >= 4 is 11.4 Å². The third kappa shape index (κ3) is 3.82. The highest BCUT2D eigenvalue weighted by atomic mass is 14.9. The van der Waals surface area contributed by atoms with Gasteiger partial charge in [0, 0.05) is 33.6 Å². The minimum absolute atomic E-state index is 0.685.